The minimum atomic E-state index is -1.91. The molecule has 3 aliphatic rings. The van der Waals surface area contributed by atoms with Crippen molar-refractivity contribution in [3.05, 3.63) is 29.8 Å². The monoisotopic (exact) mass is 940 g/mol. The van der Waals surface area contributed by atoms with E-state index in [1.54, 1.807) is 48.7 Å². The molecule has 0 spiro atoms. The van der Waals surface area contributed by atoms with Crippen LogP contribution in [0, 0.1) is 17.8 Å². The number of carbonyl (C=O) groups is 2. The first kappa shape index (κ1) is 56.1. The molecule has 17 nitrogen and oxygen atoms in total. The number of benzene rings is 1. The van der Waals surface area contributed by atoms with Gasteiger partial charge in [-0.3, -0.25) is 14.5 Å². The molecule has 18 atom stereocenters. The van der Waals surface area contributed by atoms with Crippen LogP contribution in [0.4, 0.5) is 0 Å². The third kappa shape index (κ3) is 13.8. The van der Waals surface area contributed by atoms with E-state index in [0.717, 1.165) is 5.56 Å². The molecule has 0 radical (unpaired) electrons. The maximum absolute atomic E-state index is 14.5. The Morgan fingerprint density at radius 2 is 1.59 bits per heavy atom. The van der Waals surface area contributed by atoms with Crippen molar-refractivity contribution in [2.75, 3.05) is 47.9 Å². The Hall–Kier alpha value is -2.52. The van der Waals surface area contributed by atoms with Crippen LogP contribution in [0.25, 0.3) is 0 Å². The summed E-state index contributed by atoms with van der Waals surface area (Å²) in [6, 6.07) is 6.31. The number of carbonyl (C=O) groups excluding carboxylic acids is 2. The third-order valence-electron chi connectivity index (χ3n) is 14.5. The van der Waals surface area contributed by atoms with Gasteiger partial charge in [0.05, 0.1) is 55.1 Å². The third-order valence-corrected chi connectivity index (χ3v) is 14.5. The van der Waals surface area contributed by atoms with Crippen LogP contribution in [0.3, 0.4) is 0 Å². The Labute approximate surface area is 393 Å². The van der Waals surface area contributed by atoms with Gasteiger partial charge in [-0.05, 0) is 112 Å². The number of nitrogens with one attached hydrogen (secondary N) is 1. The maximum Gasteiger partial charge on any atom is 0.311 e. The van der Waals surface area contributed by atoms with Gasteiger partial charge in [-0.1, -0.05) is 32.9 Å². The minimum Gasteiger partial charge on any atom is -0.497 e. The molecule has 6 N–H and O–H groups in total. The van der Waals surface area contributed by atoms with Crippen molar-refractivity contribution in [2.24, 2.45) is 17.8 Å². The molecule has 0 saturated carbocycles. The minimum absolute atomic E-state index is 0.101. The number of esters is 1. The predicted molar refractivity (Wildman–Crippen MR) is 247 cm³/mol. The Balaban J connectivity index is 1.73. The van der Waals surface area contributed by atoms with Crippen LogP contribution in [0.2, 0.25) is 0 Å². The van der Waals surface area contributed by atoms with Gasteiger partial charge in [0, 0.05) is 51.2 Å². The van der Waals surface area contributed by atoms with Gasteiger partial charge >= 0.3 is 5.97 Å². The summed E-state index contributed by atoms with van der Waals surface area (Å²) in [7, 11) is 6.84. The van der Waals surface area contributed by atoms with Crippen molar-refractivity contribution >= 4 is 11.9 Å². The molecule has 380 valence electrons. The van der Waals surface area contributed by atoms with Gasteiger partial charge in [0.1, 0.15) is 35.8 Å². The molecular weight excluding hydrogens is 855 g/mol. The number of hydrogen-bond acceptors (Lipinski definition) is 16. The van der Waals surface area contributed by atoms with E-state index in [9.17, 15) is 35.1 Å². The normalized spacial score (nSPS) is 41.4. The summed E-state index contributed by atoms with van der Waals surface area (Å²) in [6.45, 7) is 18.6. The molecule has 1 amide bonds. The van der Waals surface area contributed by atoms with E-state index < -0.39 is 96.0 Å². The highest BCUT2D eigenvalue weighted by atomic mass is 16.7. The van der Waals surface area contributed by atoms with Crippen molar-refractivity contribution < 1.29 is 68.3 Å². The molecule has 0 aliphatic carbocycles. The molecule has 1 aromatic carbocycles. The van der Waals surface area contributed by atoms with E-state index in [-0.39, 0.29) is 49.7 Å². The lowest BCUT2D eigenvalue weighted by molar-refractivity contribution is -0.318. The van der Waals surface area contributed by atoms with Crippen LogP contribution >= 0.6 is 0 Å². The topological polar surface area (TPSA) is 218 Å². The van der Waals surface area contributed by atoms with Gasteiger partial charge in [-0.15, -0.1) is 0 Å². The number of methoxy groups -OCH3 is 2. The summed E-state index contributed by atoms with van der Waals surface area (Å²) in [5.41, 5.74) is -3.78. The molecule has 3 heterocycles. The Bertz CT molecular complexity index is 1670. The number of likely N-dealkylation sites (N-methyl/N-ethyl adjacent to an activating group) is 1. The molecule has 1 aromatic rings. The van der Waals surface area contributed by atoms with Gasteiger partial charge in [0.2, 0.25) is 5.91 Å². The molecule has 3 fully saturated rings. The number of amides is 1. The average molecular weight is 940 g/mol. The van der Waals surface area contributed by atoms with Crippen molar-refractivity contribution in [1.82, 2.24) is 15.1 Å². The van der Waals surface area contributed by atoms with Gasteiger partial charge < -0.3 is 68.9 Å². The summed E-state index contributed by atoms with van der Waals surface area (Å²) in [5.74, 6) is -2.31. The van der Waals surface area contributed by atoms with Crippen LogP contribution in [-0.4, -0.2) is 185 Å². The molecule has 3 saturated heterocycles. The lowest BCUT2D eigenvalue weighted by Gasteiger charge is -2.48. The first-order valence-electron chi connectivity index (χ1n) is 24.0. The number of rotatable bonds is 14. The zero-order valence-corrected chi connectivity index (χ0v) is 42.1. The Morgan fingerprint density at radius 1 is 0.939 bits per heavy atom. The van der Waals surface area contributed by atoms with Crippen molar-refractivity contribution in [1.29, 1.82) is 0 Å². The van der Waals surface area contributed by atoms with Crippen molar-refractivity contribution in [3.63, 3.8) is 0 Å². The molecule has 4 rings (SSSR count). The van der Waals surface area contributed by atoms with Crippen molar-refractivity contribution in [2.45, 2.75) is 198 Å². The summed E-state index contributed by atoms with van der Waals surface area (Å²) in [5, 5.41) is 62.8. The Morgan fingerprint density at radius 3 is 2.18 bits per heavy atom. The number of nitrogens with zero attached hydrogens (tertiary/aromatic N) is 2. The first-order chi connectivity index (χ1) is 30.8. The first-order valence-corrected chi connectivity index (χ1v) is 24.0. The van der Waals surface area contributed by atoms with Crippen molar-refractivity contribution in [3.8, 4) is 5.75 Å². The lowest BCUT2D eigenvalue weighted by atomic mass is 9.77. The number of ether oxygens (including phenoxy) is 7. The summed E-state index contributed by atoms with van der Waals surface area (Å²) in [4.78, 5) is 31.4. The van der Waals surface area contributed by atoms with Crippen LogP contribution in [-0.2, 0) is 44.4 Å². The smallest absolute Gasteiger partial charge is 0.311 e. The van der Waals surface area contributed by atoms with E-state index in [4.69, 9.17) is 33.2 Å². The predicted octanol–water partition coefficient (Wildman–Crippen LogP) is 3.03. The highest BCUT2D eigenvalue weighted by Crippen LogP contribution is 2.40. The second kappa shape index (κ2) is 23.9. The highest BCUT2D eigenvalue weighted by molar-refractivity contribution is 5.78. The fourth-order valence-electron chi connectivity index (χ4n) is 10.4. The van der Waals surface area contributed by atoms with E-state index >= 15 is 0 Å². The zero-order valence-electron chi connectivity index (χ0n) is 42.1. The summed E-state index contributed by atoms with van der Waals surface area (Å²) >= 11 is 0. The van der Waals surface area contributed by atoms with E-state index in [1.165, 1.54) is 14.0 Å². The second-order valence-corrected chi connectivity index (χ2v) is 20.4. The van der Waals surface area contributed by atoms with Gasteiger partial charge in [-0.25, -0.2) is 0 Å². The van der Waals surface area contributed by atoms with Crippen LogP contribution in [0.1, 0.15) is 107 Å². The second-order valence-electron chi connectivity index (χ2n) is 20.4. The van der Waals surface area contributed by atoms with Crippen LogP contribution in [0.5, 0.6) is 5.75 Å². The molecule has 0 aromatic heterocycles. The van der Waals surface area contributed by atoms with E-state index in [1.807, 2.05) is 68.9 Å². The van der Waals surface area contributed by atoms with Crippen LogP contribution in [0.15, 0.2) is 24.3 Å². The Kier molecular flexibility index (Phi) is 20.3. The van der Waals surface area contributed by atoms with Gasteiger partial charge in [0.15, 0.2) is 12.6 Å². The summed E-state index contributed by atoms with van der Waals surface area (Å²) < 4.78 is 43.3. The van der Waals surface area contributed by atoms with Gasteiger partial charge in [-0.2, -0.15) is 0 Å². The number of cyclic esters (lactones) is 1. The van der Waals surface area contributed by atoms with E-state index in [0.29, 0.717) is 38.2 Å². The quantitative estimate of drug-likeness (QED) is 0.117. The number of aliphatic hydroxyl groups excluding tert-OH is 3. The molecular formula is C49H85N3O14. The highest BCUT2D eigenvalue weighted by Gasteiger charge is 2.53. The van der Waals surface area contributed by atoms with Gasteiger partial charge in [0.25, 0.3) is 0 Å². The largest absolute Gasteiger partial charge is 0.497 e. The maximum atomic E-state index is 14.5. The number of aliphatic hydroxyl groups is 5. The zero-order chi connectivity index (χ0) is 49.5. The SMILES string of the molecule is CCC1OC(=O)[C@H](C)[C@@H](O[C@H]2C[C@@](C)(OC)[C@@H](O)[C@H](C)O2)[C@H](C)[C@@H](O[C@H]2O[C@@H](C)C[C@@H](N(C)C)[C@@H]2O)[C@](C)(O)C[C@@H](C)CN(CCCNC(=O)Cc2ccc(OC)cc2)[C@H](C)[C@@H](O)[C@]1(C)O. The lowest BCUT2D eigenvalue weighted by Crippen LogP contribution is -2.60. The fraction of sp³-hybridized carbons (Fsp3) is 0.837. The number of hydrogen-bond donors (Lipinski definition) is 6. The van der Waals surface area contributed by atoms with Crippen LogP contribution < -0.4 is 10.1 Å². The summed E-state index contributed by atoms with van der Waals surface area (Å²) in [6.07, 6.45) is -8.29. The molecule has 3 aliphatic heterocycles. The molecule has 0 bridgehead atoms. The molecule has 17 heteroatoms. The standard InChI is InChI=1S/C49H85N3O14/c1-15-37-49(10,59)42(55)32(6)52(22-16-21-50-38(53)24-34-17-19-35(60-13)20-18-34)27-28(2)25-47(8,58)44(66-46-40(54)36(51(11)12)23-29(3)62-46)30(4)41(31(5)45(57)64-37)65-39-26-48(9,61-14)43(56)33(7)63-39/h17-20,28-33,36-37,39-44,46,54-56,58-59H,15-16,21-27H2,1-14H3,(H,50,53)/t28-,29+,30+,31-,32-,33+,36-,37?,39+,40+,41+,42-,43+,44-,46-,47-,48-,49-/m1/s1. The fourth-order valence-corrected chi connectivity index (χ4v) is 10.4. The molecule has 66 heavy (non-hydrogen) atoms. The van der Waals surface area contributed by atoms with E-state index in [2.05, 4.69) is 5.32 Å². The average Bonchev–Trinajstić information content (AvgIpc) is 3.25. The molecule has 1 unspecified atom stereocenters.